The van der Waals surface area contributed by atoms with E-state index in [1.165, 1.54) is 0 Å². The second kappa shape index (κ2) is 10.1. The van der Waals surface area contributed by atoms with E-state index in [1.807, 2.05) is 32.0 Å². The highest BCUT2D eigenvalue weighted by molar-refractivity contribution is 5.95. The maximum Gasteiger partial charge on any atom is 0.513 e. The molecule has 0 atom stereocenters. The van der Waals surface area contributed by atoms with E-state index < -0.39 is 6.16 Å². The Morgan fingerprint density at radius 1 is 0.968 bits per heavy atom. The number of nitrogens with one attached hydrogen (secondary N) is 1. The number of benzene rings is 2. The van der Waals surface area contributed by atoms with Crippen molar-refractivity contribution in [2.45, 2.75) is 39.7 Å². The summed E-state index contributed by atoms with van der Waals surface area (Å²) in [5, 5.41) is 3.08. The number of piperidine rings is 1. The molecule has 1 heterocycles. The number of hydrogen-bond donors (Lipinski definition) is 1. The summed E-state index contributed by atoms with van der Waals surface area (Å²) < 4.78 is 9.74. The summed E-state index contributed by atoms with van der Waals surface area (Å²) in [5.41, 5.74) is 3.43. The van der Waals surface area contributed by atoms with Gasteiger partial charge in [-0.25, -0.2) is 4.79 Å². The van der Waals surface area contributed by atoms with Crippen LogP contribution in [0.2, 0.25) is 0 Å². The minimum absolute atomic E-state index is 0.0403. The van der Waals surface area contributed by atoms with Crippen LogP contribution in [0.3, 0.4) is 0 Å². The first kappa shape index (κ1) is 22.3. The summed E-state index contributed by atoms with van der Waals surface area (Å²) in [7, 11) is 0. The van der Waals surface area contributed by atoms with Crippen molar-refractivity contribution >= 4 is 18.0 Å². The summed E-state index contributed by atoms with van der Waals surface area (Å²) >= 11 is 0. The predicted molar refractivity (Wildman–Crippen MR) is 116 cm³/mol. The topological polar surface area (TPSA) is 84.9 Å². The van der Waals surface area contributed by atoms with Gasteiger partial charge in [0.1, 0.15) is 5.75 Å². The highest BCUT2D eigenvalue weighted by atomic mass is 16.7. The molecular formula is C24H28N2O5. The van der Waals surface area contributed by atoms with E-state index in [1.54, 1.807) is 36.1 Å². The van der Waals surface area contributed by atoms with Gasteiger partial charge in [-0.05, 0) is 81.1 Å². The zero-order valence-electron chi connectivity index (χ0n) is 18.1. The molecule has 2 aromatic rings. The molecule has 31 heavy (non-hydrogen) atoms. The van der Waals surface area contributed by atoms with Gasteiger partial charge in [0.05, 0.1) is 6.61 Å². The number of rotatable bonds is 5. The third kappa shape index (κ3) is 5.84. The lowest BCUT2D eigenvalue weighted by Crippen LogP contribution is -2.46. The molecule has 7 nitrogen and oxygen atoms in total. The van der Waals surface area contributed by atoms with Gasteiger partial charge in [-0.2, -0.15) is 0 Å². The number of likely N-dealkylation sites (tertiary alicyclic amines) is 1. The number of amides is 2. The largest absolute Gasteiger partial charge is 0.513 e. The molecule has 0 spiro atoms. The SMILES string of the molecule is CCOC(=O)Oc1ccc(C(=O)N2CCC(NC(=O)c3ccc(C)c(C)c3)CC2)cc1. The molecule has 0 aromatic heterocycles. The van der Waals surface area contributed by atoms with Gasteiger partial charge in [0.2, 0.25) is 0 Å². The first-order valence-electron chi connectivity index (χ1n) is 10.5. The first-order valence-corrected chi connectivity index (χ1v) is 10.5. The molecule has 1 aliphatic rings. The Balaban J connectivity index is 1.50. The first-order chi connectivity index (χ1) is 14.9. The summed E-state index contributed by atoms with van der Waals surface area (Å²) in [5.74, 6) is 0.162. The zero-order valence-corrected chi connectivity index (χ0v) is 18.1. The molecule has 3 rings (SSSR count). The molecule has 0 bridgehead atoms. The summed E-state index contributed by atoms with van der Waals surface area (Å²) in [6, 6.07) is 12.1. The molecule has 1 saturated heterocycles. The van der Waals surface area contributed by atoms with E-state index in [2.05, 4.69) is 5.32 Å². The van der Waals surface area contributed by atoms with Gasteiger partial charge in [-0.15, -0.1) is 0 Å². The molecule has 2 amide bonds. The van der Waals surface area contributed by atoms with E-state index >= 15 is 0 Å². The third-order valence-corrected chi connectivity index (χ3v) is 5.45. The van der Waals surface area contributed by atoms with Crippen molar-refractivity contribution < 1.29 is 23.9 Å². The number of hydrogen-bond acceptors (Lipinski definition) is 5. The number of nitrogens with zero attached hydrogens (tertiary/aromatic N) is 1. The van der Waals surface area contributed by atoms with Gasteiger partial charge >= 0.3 is 6.16 Å². The lowest BCUT2D eigenvalue weighted by Gasteiger charge is -2.32. The van der Waals surface area contributed by atoms with Gasteiger partial charge in [-0.1, -0.05) is 6.07 Å². The van der Waals surface area contributed by atoms with Crippen LogP contribution in [0.1, 0.15) is 51.6 Å². The Morgan fingerprint density at radius 3 is 2.23 bits per heavy atom. The van der Waals surface area contributed by atoms with E-state index in [4.69, 9.17) is 9.47 Å². The van der Waals surface area contributed by atoms with Gasteiger partial charge in [0, 0.05) is 30.3 Å². The standard InChI is InChI=1S/C24H28N2O5/c1-4-30-24(29)31-21-9-7-18(8-10-21)23(28)26-13-11-20(12-14-26)25-22(27)19-6-5-16(2)17(3)15-19/h5-10,15,20H,4,11-14H2,1-3H3,(H,25,27). The van der Waals surface area contributed by atoms with Crippen LogP contribution in [-0.4, -0.2) is 48.6 Å². The van der Waals surface area contributed by atoms with E-state index in [-0.39, 0.29) is 24.5 Å². The van der Waals surface area contributed by atoms with Crippen LogP contribution in [0, 0.1) is 13.8 Å². The maximum absolute atomic E-state index is 12.8. The molecular weight excluding hydrogens is 396 g/mol. The van der Waals surface area contributed by atoms with Crippen molar-refractivity contribution in [3.05, 3.63) is 64.7 Å². The minimum Gasteiger partial charge on any atom is -0.434 e. The van der Waals surface area contributed by atoms with Crippen molar-refractivity contribution in [1.82, 2.24) is 10.2 Å². The number of carbonyl (C=O) groups excluding carboxylic acids is 3. The van der Waals surface area contributed by atoms with Crippen molar-refractivity contribution in [2.24, 2.45) is 0 Å². The summed E-state index contributed by atoms with van der Waals surface area (Å²) in [6.07, 6.45) is 0.630. The predicted octanol–water partition coefficient (Wildman–Crippen LogP) is 3.87. The second-order valence-electron chi connectivity index (χ2n) is 7.65. The van der Waals surface area contributed by atoms with Crippen molar-refractivity contribution in [1.29, 1.82) is 0 Å². The van der Waals surface area contributed by atoms with E-state index in [0.717, 1.165) is 11.1 Å². The number of ether oxygens (including phenoxy) is 2. The lowest BCUT2D eigenvalue weighted by molar-refractivity contribution is 0.0698. The van der Waals surface area contributed by atoms with Crippen LogP contribution >= 0.6 is 0 Å². The Kier molecular flexibility index (Phi) is 7.28. The smallest absolute Gasteiger partial charge is 0.434 e. The highest BCUT2D eigenvalue weighted by Gasteiger charge is 2.25. The normalized spacial score (nSPS) is 14.1. The zero-order chi connectivity index (χ0) is 22.4. The maximum atomic E-state index is 12.8. The fourth-order valence-electron chi connectivity index (χ4n) is 3.47. The molecule has 0 aliphatic carbocycles. The average molecular weight is 424 g/mol. The Morgan fingerprint density at radius 2 is 1.61 bits per heavy atom. The molecule has 1 N–H and O–H groups in total. The van der Waals surface area contributed by atoms with E-state index in [9.17, 15) is 14.4 Å². The monoisotopic (exact) mass is 424 g/mol. The van der Waals surface area contributed by atoms with Crippen molar-refractivity contribution in [3.63, 3.8) is 0 Å². The fourth-order valence-corrected chi connectivity index (χ4v) is 3.47. The molecule has 0 unspecified atom stereocenters. The highest BCUT2D eigenvalue weighted by Crippen LogP contribution is 2.18. The van der Waals surface area contributed by atoms with Crippen LogP contribution < -0.4 is 10.1 Å². The molecule has 1 aliphatic heterocycles. The van der Waals surface area contributed by atoms with Crippen LogP contribution in [0.15, 0.2) is 42.5 Å². The lowest BCUT2D eigenvalue weighted by atomic mass is 10.0. The van der Waals surface area contributed by atoms with Gasteiger partial charge in [0.15, 0.2) is 0 Å². The number of aryl methyl sites for hydroxylation is 2. The molecule has 2 aromatic carbocycles. The van der Waals surface area contributed by atoms with Crippen LogP contribution in [-0.2, 0) is 4.74 Å². The van der Waals surface area contributed by atoms with Gasteiger partial charge < -0.3 is 19.7 Å². The summed E-state index contributed by atoms with van der Waals surface area (Å²) in [6.45, 7) is 7.07. The van der Waals surface area contributed by atoms with Gasteiger partial charge in [0.25, 0.3) is 11.8 Å². The Hall–Kier alpha value is -3.35. The molecule has 1 fully saturated rings. The van der Waals surface area contributed by atoms with E-state index in [0.29, 0.717) is 42.8 Å². The minimum atomic E-state index is -0.772. The van der Waals surface area contributed by atoms with Crippen LogP contribution in [0.5, 0.6) is 5.75 Å². The Labute approximate surface area is 182 Å². The fraction of sp³-hybridized carbons (Fsp3) is 0.375. The molecule has 0 radical (unpaired) electrons. The van der Waals surface area contributed by atoms with Gasteiger partial charge in [-0.3, -0.25) is 9.59 Å². The van der Waals surface area contributed by atoms with Crippen LogP contribution in [0.4, 0.5) is 4.79 Å². The number of carbonyl (C=O) groups is 3. The quantitative estimate of drug-likeness (QED) is 0.582. The Bertz CT molecular complexity index is 947. The second-order valence-corrected chi connectivity index (χ2v) is 7.65. The summed E-state index contributed by atoms with van der Waals surface area (Å²) in [4.78, 5) is 38.4. The third-order valence-electron chi connectivity index (χ3n) is 5.45. The molecule has 164 valence electrons. The van der Waals surface area contributed by atoms with Crippen LogP contribution in [0.25, 0.3) is 0 Å². The average Bonchev–Trinajstić information content (AvgIpc) is 2.76. The molecule has 0 saturated carbocycles. The van der Waals surface area contributed by atoms with Crippen molar-refractivity contribution in [2.75, 3.05) is 19.7 Å². The van der Waals surface area contributed by atoms with Crippen molar-refractivity contribution in [3.8, 4) is 5.75 Å². The molecule has 7 heteroatoms.